The zero-order valence-electron chi connectivity index (χ0n) is 12.5. The number of hydrogen-bond donors (Lipinski definition) is 2. The van der Waals surface area contributed by atoms with Crippen molar-refractivity contribution in [2.75, 3.05) is 6.54 Å². The van der Waals surface area contributed by atoms with Crippen LogP contribution in [0, 0.1) is 12.7 Å². The Morgan fingerprint density at radius 1 is 1.13 bits per heavy atom. The topological polar surface area (TPSA) is 58.2 Å². The highest BCUT2D eigenvalue weighted by atomic mass is 79.9. The van der Waals surface area contributed by atoms with Crippen LogP contribution in [-0.4, -0.2) is 18.4 Å². The fraction of sp³-hybridized carbons (Fsp3) is 0.176. The van der Waals surface area contributed by atoms with Crippen molar-refractivity contribution in [1.82, 2.24) is 10.6 Å². The number of amides is 2. The normalized spacial score (nSPS) is 10.2. The summed E-state index contributed by atoms with van der Waals surface area (Å²) in [6, 6.07) is 11.6. The second-order valence-electron chi connectivity index (χ2n) is 5.06. The highest BCUT2D eigenvalue weighted by Crippen LogP contribution is 2.15. The lowest BCUT2D eigenvalue weighted by molar-refractivity contribution is -0.120. The van der Waals surface area contributed by atoms with E-state index in [1.807, 2.05) is 13.0 Å². The van der Waals surface area contributed by atoms with Crippen molar-refractivity contribution in [1.29, 1.82) is 0 Å². The van der Waals surface area contributed by atoms with Crippen molar-refractivity contribution in [3.05, 3.63) is 69.4 Å². The van der Waals surface area contributed by atoms with E-state index in [1.165, 1.54) is 6.07 Å². The van der Waals surface area contributed by atoms with Crippen LogP contribution in [0.5, 0.6) is 0 Å². The maximum Gasteiger partial charge on any atom is 0.251 e. The molecule has 2 aromatic carbocycles. The summed E-state index contributed by atoms with van der Waals surface area (Å²) >= 11 is 3.25. The van der Waals surface area contributed by atoms with Gasteiger partial charge in [-0.15, -0.1) is 0 Å². The summed E-state index contributed by atoms with van der Waals surface area (Å²) in [7, 11) is 0. The molecule has 0 aliphatic heterocycles. The highest BCUT2D eigenvalue weighted by molar-refractivity contribution is 9.10. The predicted molar refractivity (Wildman–Crippen MR) is 89.5 cm³/mol. The molecule has 120 valence electrons. The molecule has 0 fully saturated rings. The molecule has 23 heavy (non-hydrogen) atoms. The number of rotatable bonds is 5. The van der Waals surface area contributed by atoms with E-state index < -0.39 is 5.82 Å². The van der Waals surface area contributed by atoms with Crippen LogP contribution < -0.4 is 10.6 Å². The minimum atomic E-state index is -0.391. The zero-order chi connectivity index (χ0) is 16.8. The quantitative estimate of drug-likeness (QED) is 0.840. The molecule has 0 radical (unpaired) electrons. The number of hydrogen-bond acceptors (Lipinski definition) is 2. The number of carbonyl (C=O) groups is 2. The first-order valence-corrected chi connectivity index (χ1v) is 7.80. The van der Waals surface area contributed by atoms with E-state index in [-0.39, 0.29) is 24.9 Å². The van der Waals surface area contributed by atoms with Gasteiger partial charge in [0.25, 0.3) is 5.91 Å². The van der Waals surface area contributed by atoms with Crippen LogP contribution in [0.15, 0.2) is 46.9 Å². The Balaban J connectivity index is 1.83. The molecule has 0 unspecified atom stereocenters. The van der Waals surface area contributed by atoms with Gasteiger partial charge in [-0.3, -0.25) is 9.59 Å². The summed E-state index contributed by atoms with van der Waals surface area (Å²) in [6.45, 7) is 1.78. The number of benzene rings is 2. The Morgan fingerprint density at radius 3 is 2.65 bits per heavy atom. The summed E-state index contributed by atoms with van der Waals surface area (Å²) < 4.78 is 14.3. The first-order chi connectivity index (χ1) is 11.0. The fourth-order valence-electron chi connectivity index (χ4n) is 1.98. The van der Waals surface area contributed by atoms with Crippen molar-refractivity contribution < 1.29 is 14.0 Å². The molecule has 0 saturated carbocycles. The van der Waals surface area contributed by atoms with E-state index in [1.54, 1.807) is 30.3 Å². The minimum absolute atomic E-state index is 0.0599. The Morgan fingerprint density at radius 2 is 1.91 bits per heavy atom. The molecule has 0 bridgehead atoms. The monoisotopic (exact) mass is 378 g/mol. The molecule has 2 N–H and O–H groups in total. The molecule has 2 aromatic rings. The molecular weight excluding hydrogens is 363 g/mol. The van der Waals surface area contributed by atoms with Gasteiger partial charge in [0.2, 0.25) is 5.91 Å². The van der Waals surface area contributed by atoms with Crippen molar-refractivity contribution in [2.45, 2.75) is 13.5 Å². The SMILES string of the molecule is Cc1cccc(C(=O)NCC(=O)NCc2cc(Br)ccc2F)c1. The standard InChI is InChI=1S/C17H16BrFN2O2/c1-11-3-2-4-12(7-11)17(23)21-10-16(22)20-9-13-8-14(18)5-6-15(13)19/h2-8H,9-10H2,1H3,(H,20,22)(H,21,23). The molecule has 4 nitrogen and oxygen atoms in total. The van der Waals surface area contributed by atoms with E-state index in [2.05, 4.69) is 26.6 Å². The minimum Gasteiger partial charge on any atom is -0.350 e. The molecule has 0 heterocycles. The summed E-state index contributed by atoms with van der Waals surface area (Å²) in [5, 5.41) is 5.10. The third-order valence-electron chi connectivity index (χ3n) is 3.17. The van der Waals surface area contributed by atoms with Gasteiger partial charge in [0.15, 0.2) is 0 Å². The Bertz CT molecular complexity index is 734. The largest absolute Gasteiger partial charge is 0.350 e. The van der Waals surface area contributed by atoms with Crippen LogP contribution in [-0.2, 0) is 11.3 Å². The molecule has 0 aliphatic carbocycles. The first kappa shape index (κ1) is 17.1. The smallest absolute Gasteiger partial charge is 0.251 e. The molecule has 0 aliphatic rings. The Hall–Kier alpha value is -2.21. The summed E-state index contributed by atoms with van der Waals surface area (Å²) in [4.78, 5) is 23.7. The van der Waals surface area contributed by atoms with Crippen molar-refractivity contribution >= 4 is 27.7 Å². The summed E-state index contributed by atoms with van der Waals surface area (Å²) in [5.41, 5.74) is 1.83. The highest BCUT2D eigenvalue weighted by Gasteiger charge is 2.09. The van der Waals surface area contributed by atoms with E-state index in [4.69, 9.17) is 0 Å². The molecule has 6 heteroatoms. The second-order valence-corrected chi connectivity index (χ2v) is 5.98. The number of aryl methyl sites for hydroxylation is 1. The third-order valence-corrected chi connectivity index (χ3v) is 3.67. The van der Waals surface area contributed by atoms with Crippen molar-refractivity contribution in [3.63, 3.8) is 0 Å². The first-order valence-electron chi connectivity index (χ1n) is 7.01. The average Bonchev–Trinajstić information content (AvgIpc) is 2.53. The van der Waals surface area contributed by atoms with E-state index >= 15 is 0 Å². The van der Waals surface area contributed by atoms with Crippen LogP contribution in [0.3, 0.4) is 0 Å². The van der Waals surface area contributed by atoms with Crippen LogP contribution in [0.1, 0.15) is 21.5 Å². The molecule has 2 amide bonds. The molecule has 0 spiro atoms. The van der Waals surface area contributed by atoms with E-state index in [0.717, 1.165) is 10.0 Å². The van der Waals surface area contributed by atoms with Gasteiger partial charge in [-0.25, -0.2) is 4.39 Å². The van der Waals surface area contributed by atoms with Crippen molar-refractivity contribution in [2.24, 2.45) is 0 Å². The van der Waals surface area contributed by atoms with Gasteiger partial charge in [0, 0.05) is 22.1 Å². The maximum atomic E-state index is 13.6. The van der Waals surface area contributed by atoms with Crippen LogP contribution in [0.25, 0.3) is 0 Å². The fourth-order valence-corrected chi connectivity index (χ4v) is 2.39. The van der Waals surface area contributed by atoms with Crippen LogP contribution in [0.4, 0.5) is 4.39 Å². The van der Waals surface area contributed by atoms with E-state index in [0.29, 0.717) is 11.1 Å². The lowest BCUT2D eigenvalue weighted by Gasteiger charge is -2.08. The Labute approximate surface area is 142 Å². The molecule has 0 saturated heterocycles. The summed E-state index contributed by atoms with van der Waals surface area (Å²) in [6.07, 6.45) is 0. The number of halogens is 2. The molecule has 0 atom stereocenters. The van der Waals surface area contributed by atoms with Gasteiger partial charge < -0.3 is 10.6 Å². The lowest BCUT2D eigenvalue weighted by Crippen LogP contribution is -2.36. The number of nitrogens with one attached hydrogen (secondary N) is 2. The maximum absolute atomic E-state index is 13.6. The van der Waals surface area contributed by atoms with Gasteiger partial charge >= 0.3 is 0 Å². The van der Waals surface area contributed by atoms with Gasteiger partial charge in [0.05, 0.1) is 6.54 Å². The van der Waals surface area contributed by atoms with Crippen LogP contribution in [0.2, 0.25) is 0 Å². The predicted octanol–water partition coefficient (Wildman–Crippen LogP) is 2.94. The second kappa shape index (κ2) is 7.87. The van der Waals surface area contributed by atoms with E-state index in [9.17, 15) is 14.0 Å². The summed E-state index contributed by atoms with van der Waals surface area (Å²) in [5.74, 6) is -1.10. The van der Waals surface area contributed by atoms with Crippen molar-refractivity contribution in [3.8, 4) is 0 Å². The Kier molecular flexibility index (Phi) is 5.87. The van der Waals surface area contributed by atoms with Gasteiger partial charge in [-0.05, 0) is 37.3 Å². The zero-order valence-corrected chi connectivity index (χ0v) is 14.1. The molecule has 2 rings (SSSR count). The van der Waals surface area contributed by atoms with Crippen LogP contribution >= 0.6 is 15.9 Å². The third kappa shape index (κ3) is 5.17. The molecule has 0 aromatic heterocycles. The van der Waals surface area contributed by atoms with Gasteiger partial charge in [-0.1, -0.05) is 33.6 Å². The lowest BCUT2D eigenvalue weighted by atomic mass is 10.1. The van der Waals surface area contributed by atoms with Gasteiger partial charge in [0.1, 0.15) is 5.82 Å². The van der Waals surface area contributed by atoms with Gasteiger partial charge in [-0.2, -0.15) is 0 Å². The number of carbonyl (C=O) groups excluding carboxylic acids is 2. The average molecular weight is 379 g/mol. The molecular formula is C17H16BrFN2O2.